The van der Waals surface area contributed by atoms with Gasteiger partial charge in [0.2, 0.25) is 0 Å². The van der Waals surface area contributed by atoms with Gasteiger partial charge < -0.3 is 15.4 Å². The Bertz CT molecular complexity index is 1220. The van der Waals surface area contributed by atoms with Gasteiger partial charge in [-0.15, -0.1) is 11.3 Å². The minimum absolute atomic E-state index is 0.254. The first-order valence-corrected chi connectivity index (χ1v) is 10.7. The number of thiazole rings is 1. The molecule has 2 heterocycles. The van der Waals surface area contributed by atoms with Gasteiger partial charge in [-0.25, -0.2) is 4.98 Å². The molecule has 0 unspecified atom stereocenters. The molecule has 0 aliphatic rings. The monoisotopic (exact) mass is 444 g/mol. The molecule has 160 valence electrons. The molecule has 0 aliphatic carbocycles. The molecule has 0 bridgehead atoms. The summed E-state index contributed by atoms with van der Waals surface area (Å²) in [6.45, 7) is 2.29. The van der Waals surface area contributed by atoms with E-state index in [1.165, 1.54) is 0 Å². The number of aryl methyl sites for hydroxylation is 1. The standard InChI is InChI=1S/C24H20N4O3S/c1-16-26-21(15-32-16)14-31-22-6-2-4-18(12-22)24(30)27-19-9-7-17(8-10-19)23(29)28-20-5-3-11-25-13-20/h2-13,15H,14H2,1H3,(H,27,30)(H,28,29). The summed E-state index contributed by atoms with van der Waals surface area (Å²) < 4.78 is 5.75. The summed E-state index contributed by atoms with van der Waals surface area (Å²) in [7, 11) is 0. The van der Waals surface area contributed by atoms with Gasteiger partial charge in [-0.2, -0.15) is 0 Å². The Kier molecular flexibility index (Phi) is 6.52. The van der Waals surface area contributed by atoms with Crippen molar-refractivity contribution in [1.82, 2.24) is 9.97 Å². The van der Waals surface area contributed by atoms with E-state index in [1.807, 2.05) is 12.3 Å². The lowest BCUT2D eigenvalue weighted by Crippen LogP contribution is -2.14. The molecule has 0 saturated carbocycles. The predicted octanol–water partition coefficient (Wildman–Crippen LogP) is 4.93. The SMILES string of the molecule is Cc1nc(COc2cccc(C(=O)Nc3ccc(C(=O)Nc4cccnc4)cc3)c2)cs1. The van der Waals surface area contributed by atoms with Crippen LogP contribution in [0.25, 0.3) is 0 Å². The molecule has 7 nitrogen and oxygen atoms in total. The molecule has 2 aromatic heterocycles. The highest BCUT2D eigenvalue weighted by atomic mass is 32.1. The summed E-state index contributed by atoms with van der Waals surface area (Å²) in [5, 5.41) is 8.54. The number of hydrogen-bond donors (Lipinski definition) is 2. The Balaban J connectivity index is 1.35. The molecule has 0 radical (unpaired) electrons. The van der Waals surface area contributed by atoms with Crippen LogP contribution in [0.3, 0.4) is 0 Å². The predicted molar refractivity (Wildman–Crippen MR) is 124 cm³/mol. The number of benzene rings is 2. The maximum absolute atomic E-state index is 12.6. The minimum Gasteiger partial charge on any atom is -0.487 e. The fraction of sp³-hybridized carbons (Fsp3) is 0.0833. The van der Waals surface area contributed by atoms with E-state index in [-0.39, 0.29) is 11.8 Å². The van der Waals surface area contributed by atoms with Crippen LogP contribution in [-0.2, 0) is 6.61 Å². The summed E-state index contributed by atoms with van der Waals surface area (Å²) in [6.07, 6.45) is 3.21. The molecular weight excluding hydrogens is 424 g/mol. The van der Waals surface area contributed by atoms with E-state index in [2.05, 4.69) is 20.6 Å². The molecule has 8 heteroatoms. The van der Waals surface area contributed by atoms with Crippen LogP contribution in [0.4, 0.5) is 11.4 Å². The number of carbonyl (C=O) groups excluding carboxylic acids is 2. The van der Waals surface area contributed by atoms with E-state index in [4.69, 9.17) is 4.74 Å². The van der Waals surface area contributed by atoms with E-state index >= 15 is 0 Å². The van der Waals surface area contributed by atoms with Gasteiger partial charge in [-0.3, -0.25) is 14.6 Å². The van der Waals surface area contributed by atoms with E-state index in [0.29, 0.717) is 34.9 Å². The molecule has 0 fully saturated rings. The first-order chi connectivity index (χ1) is 15.6. The molecule has 0 atom stereocenters. The Hall–Kier alpha value is -4.04. The van der Waals surface area contributed by atoms with Crippen LogP contribution in [0, 0.1) is 6.92 Å². The van der Waals surface area contributed by atoms with Crippen molar-refractivity contribution < 1.29 is 14.3 Å². The first-order valence-electron chi connectivity index (χ1n) is 9.83. The lowest BCUT2D eigenvalue weighted by atomic mass is 10.1. The van der Waals surface area contributed by atoms with E-state index in [9.17, 15) is 9.59 Å². The van der Waals surface area contributed by atoms with Gasteiger partial charge >= 0.3 is 0 Å². The lowest BCUT2D eigenvalue weighted by molar-refractivity contribution is 0.101. The van der Waals surface area contributed by atoms with Crippen molar-refractivity contribution in [3.8, 4) is 5.75 Å². The molecule has 2 N–H and O–H groups in total. The van der Waals surface area contributed by atoms with Crippen molar-refractivity contribution in [3.63, 3.8) is 0 Å². The maximum Gasteiger partial charge on any atom is 0.255 e. The third-order valence-corrected chi connectivity index (χ3v) is 5.30. The summed E-state index contributed by atoms with van der Waals surface area (Å²) in [5.41, 5.74) is 2.99. The van der Waals surface area contributed by atoms with E-state index in [1.54, 1.807) is 84.4 Å². The quantitative estimate of drug-likeness (QED) is 0.422. The molecule has 2 amide bonds. The fourth-order valence-corrected chi connectivity index (χ4v) is 3.50. The highest BCUT2D eigenvalue weighted by Gasteiger charge is 2.10. The smallest absolute Gasteiger partial charge is 0.255 e. The summed E-state index contributed by atoms with van der Waals surface area (Å²) >= 11 is 1.57. The topological polar surface area (TPSA) is 93.2 Å². The third-order valence-electron chi connectivity index (χ3n) is 4.47. The first kappa shape index (κ1) is 21.2. The van der Waals surface area contributed by atoms with Gasteiger partial charge in [0.05, 0.1) is 22.6 Å². The van der Waals surface area contributed by atoms with Crippen molar-refractivity contribution in [2.24, 2.45) is 0 Å². The lowest BCUT2D eigenvalue weighted by Gasteiger charge is -2.09. The summed E-state index contributed by atoms with van der Waals surface area (Å²) in [5.74, 6) is 0.0641. The highest BCUT2D eigenvalue weighted by Crippen LogP contribution is 2.18. The van der Waals surface area contributed by atoms with Crippen molar-refractivity contribution in [2.75, 3.05) is 10.6 Å². The molecule has 0 aliphatic heterocycles. The molecule has 0 spiro atoms. The number of hydrogen-bond acceptors (Lipinski definition) is 6. The zero-order valence-corrected chi connectivity index (χ0v) is 18.1. The Morgan fingerprint density at radius 1 is 0.938 bits per heavy atom. The number of anilines is 2. The number of aromatic nitrogens is 2. The highest BCUT2D eigenvalue weighted by molar-refractivity contribution is 7.09. The number of nitrogens with one attached hydrogen (secondary N) is 2. The third kappa shape index (κ3) is 5.55. The van der Waals surface area contributed by atoms with Crippen molar-refractivity contribution in [2.45, 2.75) is 13.5 Å². The normalized spacial score (nSPS) is 10.4. The zero-order valence-electron chi connectivity index (χ0n) is 17.2. The summed E-state index contributed by atoms with van der Waals surface area (Å²) in [6, 6.07) is 17.1. The van der Waals surface area contributed by atoms with Crippen LogP contribution in [-0.4, -0.2) is 21.8 Å². The van der Waals surface area contributed by atoms with Crippen LogP contribution >= 0.6 is 11.3 Å². The second-order valence-corrected chi connectivity index (χ2v) is 7.96. The number of amides is 2. The van der Waals surface area contributed by atoms with Crippen LogP contribution < -0.4 is 15.4 Å². The second kappa shape index (κ2) is 9.84. The summed E-state index contributed by atoms with van der Waals surface area (Å²) in [4.78, 5) is 33.3. The average molecular weight is 445 g/mol. The molecular formula is C24H20N4O3S. The fourth-order valence-electron chi connectivity index (χ4n) is 2.91. The van der Waals surface area contributed by atoms with Gasteiger partial charge in [0, 0.05) is 28.4 Å². The van der Waals surface area contributed by atoms with Crippen LogP contribution in [0.2, 0.25) is 0 Å². The van der Waals surface area contributed by atoms with E-state index < -0.39 is 0 Å². The van der Waals surface area contributed by atoms with Gasteiger partial charge in [0.25, 0.3) is 11.8 Å². The Labute approximate surface area is 189 Å². The maximum atomic E-state index is 12.6. The second-order valence-electron chi connectivity index (χ2n) is 6.90. The molecule has 4 aromatic rings. The Morgan fingerprint density at radius 2 is 1.72 bits per heavy atom. The Morgan fingerprint density at radius 3 is 2.44 bits per heavy atom. The average Bonchev–Trinajstić information content (AvgIpc) is 3.24. The number of pyridine rings is 1. The van der Waals surface area contributed by atoms with Gasteiger partial charge in [-0.1, -0.05) is 6.07 Å². The van der Waals surface area contributed by atoms with Gasteiger partial charge in [0.1, 0.15) is 12.4 Å². The minimum atomic E-state index is -0.271. The number of carbonyl (C=O) groups is 2. The number of rotatable bonds is 7. The zero-order chi connectivity index (χ0) is 22.3. The van der Waals surface area contributed by atoms with Gasteiger partial charge in [0.15, 0.2) is 0 Å². The number of nitrogens with zero attached hydrogens (tertiary/aromatic N) is 2. The molecule has 32 heavy (non-hydrogen) atoms. The van der Waals surface area contributed by atoms with Crippen LogP contribution in [0.15, 0.2) is 78.4 Å². The molecule has 2 aromatic carbocycles. The van der Waals surface area contributed by atoms with Crippen molar-refractivity contribution >= 4 is 34.5 Å². The molecule has 0 saturated heterocycles. The largest absolute Gasteiger partial charge is 0.487 e. The molecule has 4 rings (SSSR count). The number of ether oxygens (including phenoxy) is 1. The van der Waals surface area contributed by atoms with Crippen molar-refractivity contribution in [1.29, 1.82) is 0 Å². The van der Waals surface area contributed by atoms with Crippen molar-refractivity contribution in [3.05, 3.63) is 100 Å². The van der Waals surface area contributed by atoms with Gasteiger partial charge in [-0.05, 0) is 61.5 Å². The van der Waals surface area contributed by atoms with E-state index in [0.717, 1.165) is 10.7 Å². The van der Waals surface area contributed by atoms with Crippen LogP contribution in [0.5, 0.6) is 5.75 Å². The van der Waals surface area contributed by atoms with Crippen LogP contribution in [0.1, 0.15) is 31.4 Å².